The normalized spacial score (nSPS) is 10.4. The van der Waals surface area contributed by atoms with E-state index < -0.39 is 0 Å². The molecule has 1 nitrogen and oxygen atoms in total. The van der Waals surface area contributed by atoms with Gasteiger partial charge in [0.2, 0.25) is 0 Å². The van der Waals surface area contributed by atoms with E-state index in [9.17, 15) is 0 Å². The van der Waals surface area contributed by atoms with Gasteiger partial charge in [-0.1, -0.05) is 52.9 Å². The third-order valence-electron chi connectivity index (χ3n) is 2.75. The van der Waals surface area contributed by atoms with Crippen LogP contribution < -0.4 is 0 Å². The molecule has 0 saturated heterocycles. The van der Waals surface area contributed by atoms with E-state index in [1.165, 1.54) is 45.1 Å². The third-order valence-corrected chi connectivity index (χ3v) is 2.75. The van der Waals surface area contributed by atoms with Crippen molar-refractivity contribution in [3.63, 3.8) is 0 Å². The van der Waals surface area contributed by atoms with Gasteiger partial charge in [0.1, 0.15) is 0 Å². The molecule has 0 aromatic heterocycles. The van der Waals surface area contributed by atoms with Crippen LogP contribution in [0.4, 0.5) is 0 Å². The fourth-order valence-corrected chi connectivity index (χ4v) is 1.40. The van der Waals surface area contributed by atoms with Crippen LogP contribution in [0.15, 0.2) is 0 Å². The highest BCUT2D eigenvalue weighted by Crippen LogP contribution is 2.06. The van der Waals surface area contributed by atoms with Crippen molar-refractivity contribution in [2.45, 2.75) is 79.2 Å². The molecule has 0 aromatic rings. The zero-order chi connectivity index (χ0) is 12.1. The van der Waals surface area contributed by atoms with Crippen LogP contribution in [0.2, 0.25) is 0 Å². The molecule has 0 aliphatic carbocycles. The molecular weight excluding hydrogens is 182 g/mol. The Bertz CT molecular complexity index is 99.5. The minimum absolute atomic E-state index is 0.704. The van der Waals surface area contributed by atoms with Crippen molar-refractivity contribution in [1.82, 2.24) is 4.90 Å². The summed E-state index contributed by atoms with van der Waals surface area (Å²) in [7, 11) is 2.22. The highest BCUT2D eigenvalue weighted by atomic mass is 15.1. The Kier molecular flexibility index (Phi) is 16.2. The smallest absolute Gasteiger partial charge is 0.00355 e. The maximum Gasteiger partial charge on any atom is 0.00355 e. The van der Waals surface area contributed by atoms with E-state index in [4.69, 9.17) is 0 Å². The van der Waals surface area contributed by atoms with E-state index in [2.05, 4.69) is 32.7 Å². The fourth-order valence-electron chi connectivity index (χ4n) is 1.40. The summed E-state index contributed by atoms with van der Waals surface area (Å²) >= 11 is 0. The van der Waals surface area contributed by atoms with Gasteiger partial charge in [0.15, 0.2) is 0 Å². The monoisotopic (exact) mass is 215 g/mol. The van der Waals surface area contributed by atoms with E-state index >= 15 is 0 Å². The Morgan fingerprint density at radius 1 is 0.867 bits per heavy atom. The first-order valence-electron chi connectivity index (χ1n) is 6.88. The maximum absolute atomic E-state index is 2.43. The second-order valence-electron chi connectivity index (χ2n) is 4.34. The molecule has 1 heteroatoms. The largest absolute Gasteiger partial charge is 0.304 e. The Morgan fingerprint density at radius 3 is 1.80 bits per heavy atom. The average molecular weight is 215 g/mol. The van der Waals surface area contributed by atoms with Crippen LogP contribution in [0.1, 0.15) is 73.1 Å². The Morgan fingerprint density at radius 2 is 1.33 bits per heavy atom. The topological polar surface area (TPSA) is 3.24 Å². The second-order valence-corrected chi connectivity index (χ2v) is 4.34. The van der Waals surface area contributed by atoms with Gasteiger partial charge in [-0.25, -0.2) is 0 Å². The second kappa shape index (κ2) is 14.0. The summed E-state index contributed by atoms with van der Waals surface area (Å²) in [6.07, 6.45) is 8.42. The van der Waals surface area contributed by atoms with Crippen molar-refractivity contribution in [3.05, 3.63) is 0 Å². The SMILES string of the molecule is CC.CCCCCCCCN(C)C(C)C. The van der Waals surface area contributed by atoms with Crippen LogP contribution in [0, 0.1) is 0 Å². The zero-order valence-electron chi connectivity index (χ0n) is 12.0. The first kappa shape index (κ1) is 17.4. The molecule has 0 radical (unpaired) electrons. The molecule has 15 heavy (non-hydrogen) atoms. The van der Waals surface area contributed by atoms with E-state index in [0.717, 1.165) is 0 Å². The average Bonchev–Trinajstić information content (AvgIpc) is 2.25. The molecule has 0 N–H and O–H groups in total. The summed E-state index contributed by atoms with van der Waals surface area (Å²) in [4.78, 5) is 2.43. The van der Waals surface area contributed by atoms with Crippen LogP contribution in [0.3, 0.4) is 0 Å². The molecule has 0 unspecified atom stereocenters. The van der Waals surface area contributed by atoms with E-state index in [-0.39, 0.29) is 0 Å². The highest BCUT2D eigenvalue weighted by Gasteiger charge is 2.01. The van der Waals surface area contributed by atoms with Gasteiger partial charge < -0.3 is 4.90 Å². The number of nitrogens with zero attached hydrogens (tertiary/aromatic N) is 1. The molecule has 0 rings (SSSR count). The molecule has 0 amide bonds. The van der Waals surface area contributed by atoms with Gasteiger partial charge in [0.25, 0.3) is 0 Å². The van der Waals surface area contributed by atoms with E-state index in [1.807, 2.05) is 13.8 Å². The molecule has 0 fully saturated rings. The van der Waals surface area contributed by atoms with Gasteiger partial charge in [-0.05, 0) is 33.9 Å². The molecule has 0 heterocycles. The van der Waals surface area contributed by atoms with Crippen molar-refractivity contribution >= 4 is 0 Å². The maximum atomic E-state index is 2.43. The van der Waals surface area contributed by atoms with Gasteiger partial charge in [-0.3, -0.25) is 0 Å². The Hall–Kier alpha value is -0.0400. The van der Waals surface area contributed by atoms with Crippen LogP contribution in [-0.2, 0) is 0 Å². The summed E-state index contributed by atoms with van der Waals surface area (Å²) in [6.45, 7) is 12.1. The summed E-state index contributed by atoms with van der Waals surface area (Å²) in [6, 6.07) is 0.704. The Balaban J connectivity index is 0. The van der Waals surface area contributed by atoms with Gasteiger partial charge in [0.05, 0.1) is 0 Å². The van der Waals surface area contributed by atoms with E-state index in [0.29, 0.717) is 6.04 Å². The molecule has 0 aliphatic rings. The van der Waals surface area contributed by atoms with E-state index in [1.54, 1.807) is 0 Å². The van der Waals surface area contributed by atoms with Crippen molar-refractivity contribution in [2.24, 2.45) is 0 Å². The summed E-state index contributed by atoms with van der Waals surface area (Å²) < 4.78 is 0. The molecule has 0 aromatic carbocycles. The van der Waals surface area contributed by atoms with Crippen LogP contribution in [-0.4, -0.2) is 24.5 Å². The van der Waals surface area contributed by atoms with Gasteiger partial charge in [0, 0.05) is 6.04 Å². The number of rotatable bonds is 8. The van der Waals surface area contributed by atoms with Crippen molar-refractivity contribution in [2.75, 3.05) is 13.6 Å². The summed E-state index contributed by atoms with van der Waals surface area (Å²) in [5, 5.41) is 0. The zero-order valence-corrected chi connectivity index (χ0v) is 12.0. The van der Waals surface area contributed by atoms with Gasteiger partial charge >= 0.3 is 0 Å². The Labute approximate surface area is 98.2 Å². The van der Waals surface area contributed by atoms with Gasteiger partial charge in [-0.2, -0.15) is 0 Å². The predicted molar refractivity (Wildman–Crippen MR) is 72.5 cm³/mol. The molecule has 0 aliphatic heterocycles. The molecule has 0 spiro atoms. The summed E-state index contributed by atoms with van der Waals surface area (Å²) in [5.41, 5.74) is 0. The number of hydrogen-bond donors (Lipinski definition) is 0. The van der Waals surface area contributed by atoms with Crippen molar-refractivity contribution in [1.29, 1.82) is 0 Å². The molecule has 94 valence electrons. The molecule has 0 atom stereocenters. The lowest BCUT2D eigenvalue weighted by Gasteiger charge is -2.20. The first-order valence-corrected chi connectivity index (χ1v) is 6.88. The molecule has 0 saturated carbocycles. The van der Waals surface area contributed by atoms with Crippen molar-refractivity contribution in [3.8, 4) is 0 Å². The standard InChI is InChI=1S/C12H27N.C2H6/c1-5-6-7-8-9-10-11-13(4)12(2)3;1-2/h12H,5-11H2,1-4H3;1-2H3. The highest BCUT2D eigenvalue weighted by molar-refractivity contribution is 4.56. The fraction of sp³-hybridized carbons (Fsp3) is 1.00. The van der Waals surface area contributed by atoms with Crippen LogP contribution in [0.5, 0.6) is 0 Å². The lowest BCUT2D eigenvalue weighted by molar-refractivity contribution is 0.267. The quantitative estimate of drug-likeness (QED) is 0.530. The minimum atomic E-state index is 0.704. The lowest BCUT2D eigenvalue weighted by Crippen LogP contribution is -2.27. The third kappa shape index (κ3) is 14.0. The first-order chi connectivity index (χ1) is 7.18. The van der Waals surface area contributed by atoms with Crippen LogP contribution >= 0.6 is 0 Å². The predicted octanol–water partition coefficient (Wildman–Crippen LogP) is 4.71. The lowest BCUT2D eigenvalue weighted by atomic mass is 10.1. The van der Waals surface area contributed by atoms with Crippen LogP contribution in [0.25, 0.3) is 0 Å². The molecular formula is C14H33N. The number of unbranched alkanes of at least 4 members (excludes halogenated alkanes) is 5. The van der Waals surface area contributed by atoms with Crippen molar-refractivity contribution < 1.29 is 0 Å². The molecule has 0 bridgehead atoms. The number of hydrogen-bond acceptors (Lipinski definition) is 1. The summed E-state index contributed by atoms with van der Waals surface area (Å²) in [5.74, 6) is 0. The van der Waals surface area contributed by atoms with Gasteiger partial charge in [-0.15, -0.1) is 0 Å². The minimum Gasteiger partial charge on any atom is -0.304 e.